The van der Waals surface area contributed by atoms with E-state index in [9.17, 15) is 0 Å². The van der Waals surface area contributed by atoms with Crippen LogP contribution in [0.4, 0.5) is 0 Å². The van der Waals surface area contributed by atoms with E-state index in [0.717, 1.165) is 32.2 Å². The molecule has 4 heteroatoms. The molecule has 2 aliphatic heterocycles. The van der Waals surface area contributed by atoms with Gasteiger partial charge in [0.05, 0.1) is 0 Å². The Kier molecular flexibility index (Phi) is 6.57. The van der Waals surface area contributed by atoms with Gasteiger partial charge >= 0.3 is 0 Å². The number of hydrogen-bond acceptors (Lipinski definition) is 4. The monoisotopic (exact) mass is 270 g/mol. The van der Waals surface area contributed by atoms with Crippen LogP contribution in [0.3, 0.4) is 0 Å². The Hall–Kier alpha value is -0.160. The maximum atomic E-state index is 5.58. The Labute approximate surface area is 117 Å². The van der Waals surface area contributed by atoms with Crippen LogP contribution < -0.4 is 5.32 Å². The fraction of sp³-hybridized carbons (Fsp3) is 1.00. The minimum absolute atomic E-state index is 0.0358. The summed E-state index contributed by atoms with van der Waals surface area (Å²) in [5.74, 6) is 0. The number of nitrogens with zero attached hydrogens (tertiary/aromatic N) is 1. The molecule has 2 aliphatic rings. The third kappa shape index (κ3) is 4.42. The van der Waals surface area contributed by atoms with Crippen molar-refractivity contribution in [2.75, 3.05) is 32.8 Å². The summed E-state index contributed by atoms with van der Waals surface area (Å²) in [6.07, 6.45) is 6.38. The normalized spacial score (nSPS) is 27.9. The van der Waals surface area contributed by atoms with Crippen molar-refractivity contribution in [3.05, 3.63) is 0 Å². The van der Waals surface area contributed by atoms with Gasteiger partial charge in [0.15, 0.2) is 6.29 Å². The molecule has 4 nitrogen and oxygen atoms in total. The molecule has 0 aromatic heterocycles. The van der Waals surface area contributed by atoms with E-state index < -0.39 is 0 Å². The second-order valence-electron chi connectivity index (χ2n) is 5.58. The molecular weight excluding hydrogens is 240 g/mol. The molecule has 0 saturated carbocycles. The minimum atomic E-state index is -0.0358. The second kappa shape index (κ2) is 8.20. The van der Waals surface area contributed by atoms with Crippen molar-refractivity contribution in [3.8, 4) is 0 Å². The lowest BCUT2D eigenvalue weighted by Gasteiger charge is -2.32. The number of nitrogens with one attached hydrogen (secondary N) is 1. The quantitative estimate of drug-likeness (QED) is 0.684. The lowest BCUT2D eigenvalue weighted by Crippen LogP contribution is -2.45. The molecule has 0 spiro atoms. The predicted octanol–water partition coefficient (Wildman–Crippen LogP) is 1.99. The van der Waals surface area contributed by atoms with Gasteiger partial charge in [-0.15, -0.1) is 0 Å². The molecule has 2 atom stereocenters. The van der Waals surface area contributed by atoms with Gasteiger partial charge in [0.25, 0.3) is 0 Å². The summed E-state index contributed by atoms with van der Waals surface area (Å²) < 4.78 is 11.2. The second-order valence-corrected chi connectivity index (χ2v) is 5.58. The average Bonchev–Trinajstić information content (AvgIpc) is 2.83. The standard InChI is InChI=1S/C15H30N2O2/c1-3-18-15(19-4-2)8-10-16-13-9-12-17-11-6-5-7-14(13)17/h13-16H,3-12H2,1-2H3. The van der Waals surface area contributed by atoms with E-state index in [0.29, 0.717) is 6.04 Å². The highest BCUT2D eigenvalue weighted by Crippen LogP contribution is 2.27. The summed E-state index contributed by atoms with van der Waals surface area (Å²) in [4.78, 5) is 2.67. The van der Waals surface area contributed by atoms with Crippen LogP contribution in [0.2, 0.25) is 0 Å². The molecule has 1 N–H and O–H groups in total. The van der Waals surface area contributed by atoms with E-state index in [4.69, 9.17) is 9.47 Å². The number of hydrogen-bond donors (Lipinski definition) is 1. The topological polar surface area (TPSA) is 33.7 Å². The van der Waals surface area contributed by atoms with Gasteiger partial charge in [0.1, 0.15) is 0 Å². The Bertz CT molecular complexity index is 244. The van der Waals surface area contributed by atoms with Gasteiger partial charge in [-0.1, -0.05) is 6.42 Å². The molecule has 2 saturated heterocycles. The van der Waals surface area contributed by atoms with Gasteiger partial charge in [0, 0.05) is 44.8 Å². The molecule has 0 radical (unpaired) electrons. The molecule has 0 amide bonds. The van der Waals surface area contributed by atoms with Crippen LogP contribution >= 0.6 is 0 Å². The molecule has 0 aliphatic carbocycles. The van der Waals surface area contributed by atoms with Crippen LogP contribution in [0.5, 0.6) is 0 Å². The molecule has 2 rings (SSSR count). The summed E-state index contributed by atoms with van der Waals surface area (Å²) in [5, 5.41) is 3.73. The average molecular weight is 270 g/mol. The number of ether oxygens (including phenoxy) is 2. The van der Waals surface area contributed by atoms with E-state index in [1.54, 1.807) is 0 Å². The first-order chi connectivity index (χ1) is 9.35. The molecule has 2 heterocycles. The third-order valence-electron chi connectivity index (χ3n) is 4.35. The maximum absolute atomic E-state index is 5.58. The summed E-state index contributed by atoms with van der Waals surface area (Å²) in [6, 6.07) is 1.47. The van der Waals surface area contributed by atoms with Crippen LogP contribution in [-0.4, -0.2) is 56.1 Å². The van der Waals surface area contributed by atoms with Crippen molar-refractivity contribution in [3.63, 3.8) is 0 Å². The fourth-order valence-corrected chi connectivity index (χ4v) is 3.46. The number of rotatable bonds is 8. The summed E-state index contributed by atoms with van der Waals surface area (Å²) in [7, 11) is 0. The molecule has 0 aromatic rings. The highest BCUT2D eigenvalue weighted by molar-refractivity contribution is 4.93. The molecule has 0 bridgehead atoms. The van der Waals surface area contributed by atoms with Crippen molar-refractivity contribution < 1.29 is 9.47 Å². The number of piperidine rings is 1. The van der Waals surface area contributed by atoms with Gasteiger partial charge in [-0.05, 0) is 39.7 Å². The van der Waals surface area contributed by atoms with Gasteiger partial charge in [-0.3, -0.25) is 4.90 Å². The van der Waals surface area contributed by atoms with Crippen molar-refractivity contribution in [1.82, 2.24) is 10.2 Å². The highest BCUT2D eigenvalue weighted by atomic mass is 16.7. The Morgan fingerprint density at radius 1 is 1.11 bits per heavy atom. The van der Waals surface area contributed by atoms with Gasteiger partial charge in [-0.2, -0.15) is 0 Å². The zero-order valence-electron chi connectivity index (χ0n) is 12.6. The molecule has 0 aromatic carbocycles. The van der Waals surface area contributed by atoms with Crippen LogP contribution in [0.1, 0.15) is 46.0 Å². The summed E-state index contributed by atoms with van der Waals surface area (Å²) >= 11 is 0. The zero-order valence-corrected chi connectivity index (χ0v) is 12.6. The molecule has 2 fully saturated rings. The lowest BCUT2D eigenvalue weighted by molar-refractivity contribution is -0.138. The minimum Gasteiger partial charge on any atom is -0.353 e. The lowest BCUT2D eigenvalue weighted by atomic mass is 9.99. The predicted molar refractivity (Wildman–Crippen MR) is 77.3 cm³/mol. The van der Waals surface area contributed by atoms with E-state index in [1.807, 2.05) is 13.8 Å². The van der Waals surface area contributed by atoms with E-state index in [1.165, 1.54) is 38.8 Å². The van der Waals surface area contributed by atoms with Crippen molar-refractivity contribution in [1.29, 1.82) is 0 Å². The molecular formula is C15H30N2O2. The SMILES string of the molecule is CCOC(CCNC1CCN2CCCCC12)OCC. The summed E-state index contributed by atoms with van der Waals surface area (Å²) in [6.45, 7) is 9.09. The summed E-state index contributed by atoms with van der Waals surface area (Å²) in [5.41, 5.74) is 0. The van der Waals surface area contributed by atoms with E-state index in [-0.39, 0.29) is 6.29 Å². The van der Waals surface area contributed by atoms with Crippen molar-refractivity contribution in [2.45, 2.75) is 64.3 Å². The molecule has 19 heavy (non-hydrogen) atoms. The highest BCUT2D eigenvalue weighted by Gasteiger charge is 2.34. The number of fused-ring (bicyclic) bond motifs is 1. The first-order valence-corrected chi connectivity index (χ1v) is 8.05. The van der Waals surface area contributed by atoms with Gasteiger partial charge in [-0.25, -0.2) is 0 Å². The van der Waals surface area contributed by atoms with Crippen molar-refractivity contribution >= 4 is 0 Å². The van der Waals surface area contributed by atoms with E-state index in [2.05, 4.69) is 10.2 Å². The Morgan fingerprint density at radius 3 is 2.63 bits per heavy atom. The first-order valence-electron chi connectivity index (χ1n) is 8.05. The zero-order chi connectivity index (χ0) is 13.5. The van der Waals surface area contributed by atoms with Crippen LogP contribution in [0, 0.1) is 0 Å². The van der Waals surface area contributed by atoms with Crippen LogP contribution in [0.25, 0.3) is 0 Å². The fourth-order valence-electron chi connectivity index (χ4n) is 3.46. The van der Waals surface area contributed by atoms with Gasteiger partial charge < -0.3 is 14.8 Å². The van der Waals surface area contributed by atoms with E-state index >= 15 is 0 Å². The molecule has 112 valence electrons. The Balaban J connectivity index is 1.67. The smallest absolute Gasteiger partial charge is 0.158 e. The maximum Gasteiger partial charge on any atom is 0.158 e. The Morgan fingerprint density at radius 2 is 1.89 bits per heavy atom. The third-order valence-corrected chi connectivity index (χ3v) is 4.35. The van der Waals surface area contributed by atoms with Crippen molar-refractivity contribution in [2.24, 2.45) is 0 Å². The first kappa shape index (κ1) is 15.2. The van der Waals surface area contributed by atoms with Gasteiger partial charge in [0.2, 0.25) is 0 Å². The molecule has 2 unspecified atom stereocenters. The van der Waals surface area contributed by atoms with Crippen LogP contribution in [0.15, 0.2) is 0 Å². The largest absolute Gasteiger partial charge is 0.353 e. The van der Waals surface area contributed by atoms with Crippen LogP contribution in [-0.2, 0) is 9.47 Å².